The third-order valence-electron chi connectivity index (χ3n) is 4.46. The number of hydrogen-bond acceptors (Lipinski definition) is 7. The van der Waals surface area contributed by atoms with Crippen LogP contribution in [0.4, 0.5) is 10.5 Å². The van der Waals surface area contributed by atoms with E-state index < -0.39 is 0 Å². The van der Waals surface area contributed by atoms with Gasteiger partial charge in [0.1, 0.15) is 0 Å². The largest absolute Gasteiger partial charge is 0.351 e. The SMILES string of the molecule is CSc1nnnn1-c1cccc(NC(=O)NCc2cccc(C(=O)NCCN(C)C)c2)c1. The highest BCUT2D eigenvalue weighted by Crippen LogP contribution is 2.18. The van der Waals surface area contributed by atoms with E-state index in [0.717, 1.165) is 17.8 Å². The minimum atomic E-state index is -0.357. The minimum Gasteiger partial charge on any atom is -0.351 e. The summed E-state index contributed by atoms with van der Waals surface area (Å²) in [7, 11) is 3.90. The zero-order chi connectivity index (χ0) is 22.9. The molecule has 0 aliphatic heterocycles. The second-order valence-electron chi connectivity index (χ2n) is 7.19. The van der Waals surface area contributed by atoms with Gasteiger partial charge >= 0.3 is 6.03 Å². The zero-order valence-electron chi connectivity index (χ0n) is 18.2. The number of nitrogens with one attached hydrogen (secondary N) is 3. The summed E-state index contributed by atoms with van der Waals surface area (Å²) in [6.07, 6.45) is 1.89. The van der Waals surface area contributed by atoms with Crippen molar-refractivity contribution < 1.29 is 9.59 Å². The second-order valence-corrected chi connectivity index (χ2v) is 7.97. The maximum absolute atomic E-state index is 12.4. The average Bonchev–Trinajstić information content (AvgIpc) is 3.27. The Balaban J connectivity index is 1.55. The van der Waals surface area contributed by atoms with Crippen LogP contribution in [0.5, 0.6) is 0 Å². The zero-order valence-corrected chi connectivity index (χ0v) is 19.0. The van der Waals surface area contributed by atoms with Gasteiger partial charge in [0.05, 0.1) is 5.69 Å². The van der Waals surface area contributed by atoms with Gasteiger partial charge in [-0.3, -0.25) is 4.79 Å². The fourth-order valence-electron chi connectivity index (χ4n) is 2.86. The molecule has 0 atom stereocenters. The molecule has 0 bridgehead atoms. The molecule has 3 rings (SSSR count). The molecule has 0 saturated carbocycles. The molecule has 3 N–H and O–H groups in total. The van der Waals surface area contributed by atoms with E-state index in [1.807, 2.05) is 43.5 Å². The molecule has 32 heavy (non-hydrogen) atoms. The molecule has 1 heterocycles. The lowest BCUT2D eigenvalue weighted by Gasteiger charge is -2.12. The average molecular weight is 455 g/mol. The molecule has 1 aromatic heterocycles. The molecule has 2 aromatic carbocycles. The topological polar surface area (TPSA) is 117 Å². The number of thioether (sulfide) groups is 1. The van der Waals surface area contributed by atoms with E-state index in [2.05, 4.69) is 31.5 Å². The van der Waals surface area contributed by atoms with Crippen molar-refractivity contribution in [2.75, 3.05) is 38.8 Å². The minimum absolute atomic E-state index is 0.137. The molecule has 3 aromatic rings. The van der Waals surface area contributed by atoms with E-state index in [1.165, 1.54) is 11.8 Å². The van der Waals surface area contributed by atoms with E-state index in [9.17, 15) is 9.59 Å². The fourth-order valence-corrected chi connectivity index (χ4v) is 3.29. The van der Waals surface area contributed by atoms with E-state index in [4.69, 9.17) is 0 Å². The lowest BCUT2D eigenvalue weighted by atomic mass is 10.1. The van der Waals surface area contributed by atoms with E-state index in [-0.39, 0.29) is 18.5 Å². The van der Waals surface area contributed by atoms with Gasteiger partial charge in [-0.2, -0.15) is 4.68 Å². The summed E-state index contributed by atoms with van der Waals surface area (Å²) in [6, 6.07) is 14.1. The molecule has 0 unspecified atom stereocenters. The summed E-state index contributed by atoms with van der Waals surface area (Å²) in [6.45, 7) is 1.62. The molecule has 0 aliphatic carbocycles. The number of urea groups is 1. The number of likely N-dealkylation sites (N-methyl/N-ethyl adjacent to an activating group) is 1. The smallest absolute Gasteiger partial charge is 0.319 e. The molecule has 168 valence electrons. The van der Waals surface area contributed by atoms with Crippen molar-refractivity contribution >= 4 is 29.4 Å². The molecule has 11 heteroatoms. The molecular formula is C21H26N8O2S. The van der Waals surface area contributed by atoms with Crippen molar-refractivity contribution in [2.24, 2.45) is 0 Å². The fraction of sp³-hybridized carbons (Fsp3) is 0.286. The predicted molar refractivity (Wildman–Crippen MR) is 124 cm³/mol. The van der Waals surface area contributed by atoms with Crippen molar-refractivity contribution in [1.82, 2.24) is 35.7 Å². The van der Waals surface area contributed by atoms with Crippen molar-refractivity contribution in [3.63, 3.8) is 0 Å². The Morgan fingerprint density at radius 2 is 1.91 bits per heavy atom. The summed E-state index contributed by atoms with van der Waals surface area (Å²) >= 11 is 1.43. The maximum Gasteiger partial charge on any atom is 0.319 e. The lowest BCUT2D eigenvalue weighted by molar-refractivity contribution is 0.0951. The van der Waals surface area contributed by atoms with Crippen molar-refractivity contribution in [1.29, 1.82) is 0 Å². The molecule has 3 amide bonds. The Labute approximate surface area is 190 Å². The highest BCUT2D eigenvalue weighted by molar-refractivity contribution is 7.98. The number of amides is 3. The number of nitrogens with zero attached hydrogens (tertiary/aromatic N) is 5. The number of anilines is 1. The highest BCUT2D eigenvalue weighted by atomic mass is 32.2. The van der Waals surface area contributed by atoms with Crippen LogP contribution in [-0.4, -0.2) is 70.5 Å². The monoisotopic (exact) mass is 454 g/mol. The molecule has 0 aliphatic rings. The van der Waals surface area contributed by atoms with Crippen LogP contribution in [-0.2, 0) is 6.54 Å². The van der Waals surface area contributed by atoms with Gasteiger partial charge in [-0.25, -0.2) is 4.79 Å². The van der Waals surface area contributed by atoms with Gasteiger partial charge in [0.15, 0.2) is 0 Å². The Morgan fingerprint density at radius 1 is 1.09 bits per heavy atom. The van der Waals surface area contributed by atoms with Crippen molar-refractivity contribution in [2.45, 2.75) is 11.7 Å². The van der Waals surface area contributed by atoms with Crippen LogP contribution in [0.3, 0.4) is 0 Å². The maximum atomic E-state index is 12.4. The number of hydrogen-bond donors (Lipinski definition) is 3. The van der Waals surface area contributed by atoms with Gasteiger partial charge < -0.3 is 20.9 Å². The Kier molecular flexibility index (Phi) is 8.17. The summed E-state index contributed by atoms with van der Waals surface area (Å²) in [4.78, 5) is 26.7. The summed E-state index contributed by atoms with van der Waals surface area (Å²) in [5.41, 5.74) is 2.73. The van der Waals surface area contributed by atoms with Gasteiger partial charge in [-0.1, -0.05) is 30.0 Å². The first-order valence-electron chi connectivity index (χ1n) is 9.96. The quantitative estimate of drug-likeness (QED) is 0.423. The number of tetrazole rings is 1. The van der Waals surface area contributed by atoms with Crippen LogP contribution in [0, 0.1) is 0 Å². The van der Waals surface area contributed by atoms with Crippen LogP contribution in [0.15, 0.2) is 53.7 Å². The standard InChI is InChI=1S/C21H26N8O2S/c1-28(2)11-10-22-19(30)16-7-4-6-15(12-16)14-23-20(31)24-17-8-5-9-18(13-17)29-21(32-3)25-26-27-29/h4-9,12-13H,10-11,14H2,1-3H3,(H,22,30)(H2,23,24,31). The van der Waals surface area contributed by atoms with Crippen LogP contribution in [0.2, 0.25) is 0 Å². The van der Waals surface area contributed by atoms with Gasteiger partial charge in [-0.15, -0.1) is 5.10 Å². The number of benzene rings is 2. The summed E-state index contributed by atoms with van der Waals surface area (Å²) in [5, 5.41) is 20.7. The first kappa shape index (κ1) is 23.2. The first-order valence-corrected chi connectivity index (χ1v) is 11.2. The van der Waals surface area contributed by atoms with Gasteiger partial charge in [0, 0.05) is 30.9 Å². The summed E-state index contributed by atoms with van der Waals surface area (Å²) in [5.74, 6) is -0.137. The van der Waals surface area contributed by atoms with Gasteiger partial charge in [-0.05, 0) is 66.7 Å². The Hall–Kier alpha value is -3.44. The van der Waals surface area contributed by atoms with E-state index in [1.54, 1.807) is 35.0 Å². The molecule has 0 spiro atoms. The predicted octanol–water partition coefficient (Wildman–Crippen LogP) is 2.00. The Morgan fingerprint density at radius 3 is 2.69 bits per heavy atom. The molecule has 0 fully saturated rings. The van der Waals surface area contributed by atoms with Crippen LogP contribution in [0.1, 0.15) is 15.9 Å². The van der Waals surface area contributed by atoms with E-state index >= 15 is 0 Å². The van der Waals surface area contributed by atoms with Gasteiger partial charge in [0.2, 0.25) is 5.16 Å². The number of aromatic nitrogens is 4. The van der Waals surface area contributed by atoms with Crippen LogP contribution >= 0.6 is 11.8 Å². The normalized spacial score (nSPS) is 10.8. The van der Waals surface area contributed by atoms with Crippen molar-refractivity contribution in [3.8, 4) is 5.69 Å². The molecular weight excluding hydrogens is 428 g/mol. The number of rotatable bonds is 9. The third-order valence-corrected chi connectivity index (χ3v) is 5.08. The summed E-state index contributed by atoms with van der Waals surface area (Å²) < 4.78 is 1.60. The van der Waals surface area contributed by atoms with Crippen molar-refractivity contribution in [3.05, 3.63) is 59.7 Å². The third kappa shape index (κ3) is 6.53. The van der Waals surface area contributed by atoms with E-state index in [0.29, 0.717) is 23.0 Å². The van der Waals surface area contributed by atoms with Gasteiger partial charge in [0.25, 0.3) is 5.91 Å². The number of carbonyl (C=O) groups is 2. The first-order chi connectivity index (χ1) is 15.5. The number of carbonyl (C=O) groups excluding carboxylic acids is 2. The molecule has 10 nitrogen and oxygen atoms in total. The highest BCUT2D eigenvalue weighted by Gasteiger charge is 2.10. The molecule has 0 radical (unpaired) electrons. The van der Waals surface area contributed by atoms with Crippen LogP contribution < -0.4 is 16.0 Å². The second kappa shape index (κ2) is 11.3. The molecule has 0 saturated heterocycles. The Bertz CT molecular complexity index is 1070. The van der Waals surface area contributed by atoms with Crippen LogP contribution in [0.25, 0.3) is 5.69 Å². The lowest BCUT2D eigenvalue weighted by Crippen LogP contribution is -2.31.